The Bertz CT molecular complexity index is 57.7. The van der Waals surface area contributed by atoms with Gasteiger partial charge in [0.25, 0.3) is 0 Å². The van der Waals surface area contributed by atoms with Gasteiger partial charge in [0.05, 0.1) is 0 Å². The van der Waals surface area contributed by atoms with Crippen molar-refractivity contribution in [2.24, 2.45) is 0 Å². The van der Waals surface area contributed by atoms with Crippen molar-refractivity contribution in [3.63, 3.8) is 0 Å². The predicted octanol–water partition coefficient (Wildman–Crippen LogP) is -1.90. The van der Waals surface area contributed by atoms with E-state index in [0.29, 0.717) is 0 Å². The third-order valence-electron chi connectivity index (χ3n) is 0. The van der Waals surface area contributed by atoms with Gasteiger partial charge in [-0.3, -0.25) is 0 Å². The van der Waals surface area contributed by atoms with E-state index < -0.39 is 5.69 Å². The Hall–Kier alpha value is 1.84. The molecule has 2 nitrogen and oxygen atoms in total. The fourth-order valence-electron chi connectivity index (χ4n) is 0. The molecule has 0 fully saturated rings. The van der Waals surface area contributed by atoms with E-state index in [-0.39, 0.29) is 27.3 Å². The molecule has 0 aromatic carbocycles. The summed E-state index contributed by atoms with van der Waals surface area (Å²) in [6, 6.07) is 0. The van der Waals surface area contributed by atoms with Gasteiger partial charge in [0.2, 0.25) is 0 Å². The van der Waals surface area contributed by atoms with Gasteiger partial charge >= 0.3 is 27.3 Å². The Morgan fingerprint density at radius 1 is 1.50 bits per heavy atom. The third-order valence-corrected chi connectivity index (χ3v) is 0. The van der Waals surface area contributed by atoms with Gasteiger partial charge in [-0.2, -0.15) is 11.8 Å². The van der Waals surface area contributed by atoms with Gasteiger partial charge in [0, 0.05) is 0 Å². The van der Waals surface area contributed by atoms with Crippen LogP contribution in [0.15, 0.2) is 0 Å². The molecule has 0 aliphatic carbocycles. The largest absolute Gasteiger partial charge is 3.00 e. The summed E-state index contributed by atoms with van der Waals surface area (Å²) in [5.74, 6) is 0. The van der Waals surface area contributed by atoms with Crippen molar-refractivity contribution in [2.75, 3.05) is 0 Å². The summed E-state index contributed by atoms with van der Waals surface area (Å²) in [7, 11) is 0. The van der Waals surface area contributed by atoms with Crippen molar-refractivity contribution in [1.82, 2.24) is 0 Å². The van der Waals surface area contributed by atoms with Gasteiger partial charge in [-0.25, -0.2) is 0 Å². The molecule has 0 heterocycles. The SMILES string of the molecule is [O-]P([O-])(=S)[S-].[Pb+3]. The summed E-state index contributed by atoms with van der Waals surface area (Å²) in [5.41, 5.74) is -3.72. The molecule has 0 saturated heterocycles. The summed E-state index contributed by atoms with van der Waals surface area (Å²) >= 11 is 7.28. The Morgan fingerprint density at radius 3 is 1.50 bits per heavy atom. The summed E-state index contributed by atoms with van der Waals surface area (Å²) in [6.45, 7) is 0. The topological polar surface area (TPSA) is 46.1 Å². The molecule has 0 atom stereocenters. The molecule has 0 spiro atoms. The molecule has 0 unspecified atom stereocenters. The average Bonchev–Trinajstić information content (AvgIpc) is 0.722. The molecule has 0 amide bonds. The molecule has 0 aromatic heterocycles. The standard InChI is InChI=1S/H3O2PS2.Pb/c1-3(2,4)5;/h(H3,1,2,4,5);/q;+3/p-3. The third kappa shape index (κ3) is 40.4. The van der Waals surface area contributed by atoms with Gasteiger partial charge in [-0.05, 0) is 0 Å². The van der Waals surface area contributed by atoms with Crippen LogP contribution in [0, 0.1) is 0 Å². The van der Waals surface area contributed by atoms with E-state index in [1.165, 1.54) is 0 Å². The Balaban J connectivity index is 0. The summed E-state index contributed by atoms with van der Waals surface area (Å²) in [5, 5.41) is 0. The molecule has 0 rings (SSSR count). The Labute approximate surface area is 66.4 Å². The molecular weight excluding hydrogens is 334 g/mol. The normalized spacial score (nSPS) is 9.83. The van der Waals surface area contributed by atoms with Crippen LogP contribution in [0.4, 0.5) is 0 Å². The van der Waals surface area contributed by atoms with Crippen molar-refractivity contribution in [1.29, 1.82) is 0 Å². The van der Waals surface area contributed by atoms with E-state index in [1.54, 1.807) is 0 Å². The summed E-state index contributed by atoms with van der Waals surface area (Å²) in [4.78, 5) is 18.6. The van der Waals surface area contributed by atoms with Crippen LogP contribution in [0.1, 0.15) is 0 Å². The van der Waals surface area contributed by atoms with Crippen LogP contribution in [0.5, 0.6) is 0 Å². The number of hydrogen-bond donors (Lipinski definition) is 0. The first-order valence-electron chi connectivity index (χ1n) is 0.730. The second-order valence-electron chi connectivity index (χ2n) is 0.447. The predicted molar refractivity (Wildman–Crippen MR) is 27.4 cm³/mol. The summed E-state index contributed by atoms with van der Waals surface area (Å²) < 4.78 is 0. The molecule has 0 aromatic rings. The zero-order chi connectivity index (χ0) is 4.50. The molecule has 0 N–H and O–H groups in total. The maximum Gasteiger partial charge on any atom is 3.00 e. The number of rotatable bonds is 0. The van der Waals surface area contributed by atoms with Crippen molar-refractivity contribution in [3.05, 3.63) is 0 Å². The van der Waals surface area contributed by atoms with Crippen LogP contribution < -0.4 is 9.79 Å². The van der Waals surface area contributed by atoms with Gasteiger partial charge < -0.3 is 27.7 Å². The van der Waals surface area contributed by atoms with Gasteiger partial charge in [0.15, 0.2) is 0 Å². The quantitative estimate of drug-likeness (QED) is 0.295. The minimum Gasteiger partial charge on any atom is -0.850 e. The maximum atomic E-state index is 9.29. The first-order chi connectivity index (χ1) is 2.00. The van der Waals surface area contributed by atoms with Crippen LogP contribution in [0.25, 0.3) is 0 Å². The van der Waals surface area contributed by atoms with Crippen LogP contribution in [0.3, 0.4) is 0 Å². The van der Waals surface area contributed by atoms with Gasteiger partial charge in [-0.1, -0.05) is 0 Å². The molecule has 0 aliphatic rings. The van der Waals surface area contributed by atoms with Crippen molar-refractivity contribution in [2.45, 2.75) is 0 Å². The van der Waals surface area contributed by atoms with E-state index in [2.05, 4.69) is 24.1 Å². The summed E-state index contributed by atoms with van der Waals surface area (Å²) in [6.07, 6.45) is 0. The fraction of sp³-hybridized carbons (Fsp3) is 0. The van der Waals surface area contributed by atoms with Crippen molar-refractivity contribution in [3.8, 4) is 0 Å². The van der Waals surface area contributed by atoms with Gasteiger partial charge in [-0.15, -0.1) is 0 Å². The first kappa shape index (κ1) is 10.8. The van der Waals surface area contributed by atoms with Crippen LogP contribution in [0.2, 0.25) is 0 Å². The maximum absolute atomic E-state index is 9.29. The average molecular weight is 334 g/mol. The van der Waals surface area contributed by atoms with Gasteiger partial charge in [0.1, 0.15) is 0 Å². The molecule has 6 heavy (non-hydrogen) atoms. The van der Waals surface area contributed by atoms with E-state index in [4.69, 9.17) is 0 Å². The molecule has 6 heteroatoms. The van der Waals surface area contributed by atoms with Crippen LogP contribution >= 0.6 is 5.69 Å². The second-order valence-corrected chi connectivity index (χ2v) is 4.92. The molecule has 0 saturated carbocycles. The molecular formula is O2PPbS2. The van der Waals surface area contributed by atoms with E-state index >= 15 is 0 Å². The Kier molecular flexibility index (Phi) is 6.81. The van der Waals surface area contributed by atoms with E-state index in [0.717, 1.165) is 0 Å². The second kappa shape index (κ2) is 3.80. The van der Waals surface area contributed by atoms with Crippen molar-refractivity contribution >= 4 is 57.0 Å². The monoisotopic (exact) mass is 335 g/mol. The van der Waals surface area contributed by atoms with E-state index in [9.17, 15) is 9.79 Å². The minimum atomic E-state index is -3.72. The fourth-order valence-corrected chi connectivity index (χ4v) is 0. The molecule has 0 aliphatic heterocycles. The van der Waals surface area contributed by atoms with Crippen LogP contribution in [-0.4, -0.2) is 27.3 Å². The first-order valence-corrected chi connectivity index (χ1v) is 4.38. The smallest absolute Gasteiger partial charge is 0.850 e. The molecule has 1 radical (unpaired) electrons. The molecule has 33 valence electrons. The molecule has 0 bridgehead atoms. The van der Waals surface area contributed by atoms with E-state index in [1.807, 2.05) is 0 Å². The zero-order valence-corrected chi connectivity index (χ0v) is 9.00. The minimum absolute atomic E-state index is 0. The number of hydrogen-bond acceptors (Lipinski definition) is 4. The zero-order valence-electron chi connectivity index (χ0n) is 2.58. The van der Waals surface area contributed by atoms with Crippen LogP contribution in [-0.2, 0) is 24.1 Å². The Morgan fingerprint density at radius 2 is 1.50 bits per heavy atom. The van der Waals surface area contributed by atoms with Crippen molar-refractivity contribution < 1.29 is 9.79 Å².